The summed E-state index contributed by atoms with van der Waals surface area (Å²) in [5.41, 5.74) is 1.09. The first-order valence-corrected chi connectivity index (χ1v) is 8.33. The lowest BCUT2D eigenvalue weighted by atomic mass is 10.1. The molecule has 9 heteroatoms. The number of carbonyl (C=O) groups is 2. The van der Waals surface area contributed by atoms with E-state index in [-0.39, 0.29) is 18.1 Å². The van der Waals surface area contributed by atoms with Crippen molar-refractivity contribution in [3.63, 3.8) is 0 Å². The van der Waals surface area contributed by atoms with E-state index in [1.54, 1.807) is 19.1 Å². The Morgan fingerprint density at radius 2 is 2.17 bits per heavy atom. The molecule has 0 aliphatic heterocycles. The molecule has 1 heterocycles. The number of benzene rings is 1. The summed E-state index contributed by atoms with van der Waals surface area (Å²) in [6.07, 6.45) is 0.197. The number of nitrogens with one attached hydrogen (secondary N) is 2. The first kappa shape index (κ1) is 17.9. The molecule has 128 valence electrons. The van der Waals surface area contributed by atoms with Gasteiger partial charge in [0.2, 0.25) is 17.6 Å². The number of hydrogen-bond acceptors (Lipinski definition) is 6. The molecule has 3 amide bonds. The predicted molar refractivity (Wildman–Crippen MR) is 87.8 cm³/mol. The van der Waals surface area contributed by atoms with Gasteiger partial charge < -0.3 is 9.84 Å². The van der Waals surface area contributed by atoms with Crippen LogP contribution in [0.2, 0.25) is 0 Å². The molecule has 0 spiro atoms. The lowest BCUT2D eigenvalue weighted by molar-refractivity contribution is -0.119. The maximum atomic E-state index is 13.6. The number of carbonyl (C=O) groups excluding carboxylic acids is 2. The Kier molecular flexibility index (Phi) is 6.30. The van der Waals surface area contributed by atoms with Crippen molar-refractivity contribution in [2.24, 2.45) is 0 Å². The number of imide groups is 1. The number of nitrogens with zero attached hydrogens (tertiary/aromatic N) is 2. The van der Waals surface area contributed by atoms with Crippen LogP contribution in [-0.4, -0.2) is 34.9 Å². The standard InChI is InChI=1S/C15H17FN4O3S/c1-9-3-4-10(7-11(9)16)14-19-13(23-20-14)8-24-6-5-12(21)18-15(22)17-2/h3-4,7H,5-6,8H2,1-2H3,(H2,17,18,21,22). The van der Waals surface area contributed by atoms with Crippen LogP contribution >= 0.6 is 11.8 Å². The minimum Gasteiger partial charge on any atom is -0.341 e. The van der Waals surface area contributed by atoms with Gasteiger partial charge in [0.25, 0.3) is 0 Å². The van der Waals surface area contributed by atoms with Crippen LogP contribution in [0.5, 0.6) is 0 Å². The first-order valence-electron chi connectivity index (χ1n) is 7.18. The SMILES string of the molecule is CNC(=O)NC(=O)CCSCc1nc(-c2ccc(C)c(F)c2)no1. The molecule has 0 saturated heterocycles. The fourth-order valence-electron chi connectivity index (χ4n) is 1.74. The van der Waals surface area contributed by atoms with Crippen molar-refractivity contribution in [3.8, 4) is 11.4 Å². The number of aryl methyl sites for hydroxylation is 1. The highest BCUT2D eigenvalue weighted by Crippen LogP contribution is 2.20. The number of amides is 3. The van der Waals surface area contributed by atoms with E-state index in [0.717, 1.165) is 0 Å². The Balaban J connectivity index is 1.81. The van der Waals surface area contributed by atoms with Crippen LogP contribution in [0.15, 0.2) is 22.7 Å². The van der Waals surface area contributed by atoms with Crippen LogP contribution < -0.4 is 10.6 Å². The molecule has 0 aliphatic carbocycles. The maximum absolute atomic E-state index is 13.6. The molecule has 0 atom stereocenters. The third-order valence-corrected chi connectivity index (χ3v) is 4.02. The molecule has 0 unspecified atom stereocenters. The molecule has 0 aliphatic rings. The Bertz CT molecular complexity index is 735. The highest BCUT2D eigenvalue weighted by molar-refractivity contribution is 7.98. The van der Waals surface area contributed by atoms with Gasteiger partial charge in [0.1, 0.15) is 5.82 Å². The van der Waals surface area contributed by atoms with E-state index in [9.17, 15) is 14.0 Å². The second-order valence-corrected chi connectivity index (χ2v) is 6.01. The van der Waals surface area contributed by atoms with Crippen LogP contribution in [0.3, 0.4) is 0 Å². The predicted octanol–water partition coefficient (Wildman–Crippen LogP) is 2.26. The zero-order chi connectivity index (χ0) is 17.5. The summed E-state index contributed by atoms with van der Waals surface area (Å²) in [6, 6.07) is 4.21. The Hall–Kier alpha value is -2.42. The second kappa shape index (κ2) is 8.44. The molecular weight excluding hydrogens is 335 g/mol. The average Bonchev–Trinajstić information content (AvgIpc) is 3.03. The smallest absolute Gasteiger partial charge is 0.321 e. The zero-order valence-electron chi connectivity index (χ0n) is 13.3. The van der Waals surface area contributed by atoms with Gasteiger partial charge >= 0.3 is 6.03 Å². The summed E-state index contributed by atoms with van der Waals surface area (Å²) in [6.45, 7) is 1.68. The minimum absolute atomic E-state index is 0.197. The summed E-state index contributed by atoms with van der Waals surface area (Å²) in [7, 11) is 1.43. The van der Waals surface area contributed by atoms with Crippen LogP contribution in [-0.2, 0) is 10.5 Å². The van der Waals surface area contributed by atoms with Crippen molar-refractivity contribution in [2.45, 2.75) is 19.1 Å². The summed E-state index contributed by atoms with van der Waals surface area (Å²) < 4.78 is 18.7. The van der Waals surface area contributed by atoms with E-state index in [4.69, 9.17) is 4.52 Å². The molecule has 2 aromatic rings. The van der Waals surface area contributed by atoms with Crippen molar-refractivity contribution in [1.82, 2.24) is 20.8 Å². The third kappa shape index (κ3) is 5.05. The monoisotopic (exact) mass is 352 g/mol. The molecular formula is C15H17FN4O3S. The van der Waals surface area contributed by atoms with Gasteiger partial charge in [0.15, 0.2) is 0 Å². The summed E-state index contributed by atoms with van der Waals surface area (Å²) >= 11 is 1.42. The van der Waals surface area contributed by atoms with E-state index in [1.165, 1.54) is 24.9 Å². The van der Waals surface area contributed by atoms with Gasteiger partial charge in [0, 0.05) is 24.8 Å². The van der Waals surface area contributed by atoms with Crippen molar-refractivity contribution < 1.29 is 18.5 Å². The second-order valence-electron chi connectivity index (χ2n) is 4.91. The van der Waals surface area contributed by atoms with Crippen LogP contribution in [0.4, 0.5) is 9.18 Å². The number of rotatable bonds is 6. The number of thioether (sulfide) groups is 1. The molecule has 2 rings (SSSR count). The van der Waals surface area contributed by atoms with Gasteiger partial charge in [-0.1, -0.05) is 17.3 Å². The van der Waals surface area contributed by atoms with Crippen molar-refractivity contribution in [3.05, 3.63) is 35.5 Å². The molecule has 0 saturated carbocycles. The normalized spacial score (nSPS) is 10.5. The van der Waals surface area contributed by atoms with Crippen molar-refractivity contribution in [2.75, 3.05) is 12.8 Å². The van der Waals surface area contributed by atoms with Gasteiger partial charge in [-0.25, -0.2) is 9.18 Å². The molecule has 0 fully saturated rings. The fourth-order valence-corrected chi connectivity index (χ4v) is 2.50. The topological polar surface area (TPSA) is 97.1 Å². The van der Waals surface area contributed by atoms with E-state index < -0.39 is 6.03 Å². The number of urea groups is 1. The Morgan fingerprint density at radius 1 is 1.38 bits per heavy atom. The summed E-state index contributed by atoms with van der Waals surface area (Å²) in [5.74, 6) is 0.956. The molecule has 24 heavy (non-hydrogen) atoms. The van der Waals surface area contributed by atoms with Crippen LogP contribution in [0.25, 0.3) is 11.4 Å². The Morgan fingerprint density at radius 3 is 2.88 bits per heavy atom. The van der Waals surface area contributed by atoms with Gasteiger partial charge in [-0.2, -0.15) is 16.7 Å². The molecule has 1 aromatic carbocycles. The first-order chi connectivity index (χ1) is 11.5. The lowest BCUT2D eigenvalue weighted by Crippen LogP contribution is -2.37. The van der Waals surface area contributed by atoms with E-state index in [2.05, 4.69) is 20.8 Å². The molecule has 2 N–H and O–H groups in total. The number of halogens is 1. The van der Waals surface area contributed by atoms with Crippen molar-refractivity contribution >= 4 is 23.7 Å². The molecule has 0 radical (unpaired) electrons. The van der Waals surface area contributed by atoms with Crippen LogP contribution in [0, 0.1) is 12.7 Å². The number of aromatic nitrogens is 2. The zero-order valence-corrected chi connectivity index (χ0v) is 14.1. The largest absolute Gasteiger partial charge is 0.341 e. The van der Waals surface area contributed by atoms with E-state index in [1.807, 2.05) is 0 Å². The maximum Gasteiger partial charge on any atom is 0.321 e. The van der Waals surface area contributed by atoms with E-state index in [0.29, 0.717) is 34.3 Å². The third-order valence-electron chi connectivity index (χ3n) is 3.08. The van der Waals surface area contributed by atoms with Crippen molar-refractivity contribution in [1.29, 1.82) is 0 Å². The fraction of sp³-hybridized carbons (Fsp3) is 0.333. The quantitative estimate of drug-likeness (QED) is 0.774. The van der Waals surface area contributed by atoms with Gasteiger partial charge in [-0.05, 0) is 18.6 Å². The van der Waals surface area contributed by atoms with Gasteiger partial charge in [-0.3, -0.25) is 10.1 Å². The highest BCUT2D eigenvalue weighted by Gasteiger charge is 2.11. The number of hydrogen-bond donors (Lipinski definition) is 2. The lowest BCUT2D eigenvalue weighted by Gasteiger charge is -2.02. The highest BCUT2D eigenvalue weighted by atomic mass is 32.2. The summed E-state index contributed by atoms with van der Waals surface area (Å²) in [5, 5.41) is 8.30. The van der Waals surface area contributed by atoms with Gasteiger partial charge in [-0.15, -0.1) is 0 Å². The minimum atomic E-state index is -0.531. The van der Waals surface area contributed by atoms with Gasteiger partial charge in [0.05, 0.1) is 5.75 Å². The Labute approximate surface area is 142 Å². The molecule has 0 bridgehead atoms. The van der Waals surface area contributed by atoms with E-state index >= 15 is 0 Å². The summed E-state index contributed by atoms with van der Waals surface area (Å²) in [4.78, 5) is 26.5. The molecule has 1 aromatic heterocycles. The molecule has 7 nitrogen and oxygen atoms in total. The average molecular weight is 352 g/mol. The van der Waals surface area contributed by atoms with Crippen LogP contribution in [0.1, 0.15) is 17.9 Å².